The molecule has 0 N–H and O–H groups in total. The van der Waals surface area contributed by atoms with Gasteiger partial charge in [-0.3, -0.25) is 9.36 Å². The van der Waals surface area contributed by atoms with Crippen molar-refractivity contribution >= 4 is 61.9 Å². The summed E-state index contributed by atoms with van der Waals surface area (Å²) in [5.41, 5.74) is 4.38. The minimum absolute atomic E-state index is 0.104. The first-order chi connectivity index (χ1) is 21.1. The zero-order valence-corrected chi connectivity index (χ0v) is 29.6. The molecule has 4 aromatic rings. The van der Waals surface area contributed by atoms with Gasteiger partial charge in [0.05, 0.1) is 36.6 Å². The maximum Gasteiger partial charge on any atom is 0.338 e. The van der Waals surface area contributed by atoms with Crippen LogP contribution in [0.15, 0.2) is 86.2 Å². The average Bonchev–Trinajstić information content (AvgIpc) is 3.26. The second-order valence-electron chi connectivity index (χ2n) is 10.6. The topological polar surface area (TPSA) is 79.1 Å². The van der Waals surface area contributed by atoms with E-state index < -0.39 is 12.0 Å². The average molecular weight is 788 g/mol. The highest BCUT2D eigenvalue weighted by molar-refractivity contribution is 14.1. The van der Waals surface area contributed by atoms with E-state index in [1.165, 1.54) is 16.9 Å². The number of esters is 1. The van der Waals surface area contributed by atoms with Crippen LogP contribution in [-0.2, 0) is 16.1 Å². The number of aromatic nitrogens is 1. The molecule has 0 fully saturated rings. The van der Waals surface area contributed by atoms with Crippen molar-refractivity contribution in [2.24, 2.45) is 4.99 Å². The van der Waals surface area contributed by atoms with E-state index in [-0.39, 0.29) is 18.3 Å². The van der Waals surface area contributed by atoms with Gasteiger partial charge in [-0.05, 0) is 109 Å². The van der Waals surface area contributed by atoms with E-state index in [2.05, 4.69) is 69.7 Å². The first-order valence-corrected chi connectivity index (χ1v) is 16.9. The number of hydrogen-bond acceptors (Lipinski definition) is 7. The van der Waals surface area contributed by atoms with Crippen LogP contribution < -0.4 is 24.4 Å². The molecule has 0 aliphatic carbocycles. The van der Waals surface area contributed by atoms with Crippen molar-refractivity contribution in [2.45, 2.75) is 53.4 Å². The quantitative estimate of drug-likeness (QED) is 0.137. The van der Waals surface area contributed by atoms with Crippen molar-refractivity contribution in [1.82, 2.24) is 4.57 Å². The number of hydrogen-bond donors (Lipinski definition) is 0. The molecule has 2 heterocycles. The normalized spacial score (nSPS) is 14.8. The maximum atomic E-state index is 14.1. The number of rotatable bonds is 9. The number of benzene rings is 3. The molecule has 0 bridgehead atoms. The Kier molecular flexibility index (Phi) is 10.1. The zero-order chi connectivity index (χ0) is 31.5. The molecular weight excluding hydrogens is 755 g/mol. The molecule has 3 aromatic carbocycles. The summed E-state index contributed by atoms with van der Waals surface area (Å²) in [6.07, 6.45) is 1.74. The van der Waals surface area contributed by atoms with Crippen LogP contribution in [0.4, 0.5) is 0 Å². The summed E-state index contributed by atoms with van der Waals surface area (Å²) in [5.74, 6) is 0.826. The molecule has 5 rings (SSSR count). The lowest BCUT2D eigenvalue weighted by atomic mass is 9.95. The Hall–Kier alpha value is -3.22. The SMILES string of the molecule is CCOC(=O)C1=C(C)N=c2s/c(=C/c3cc(Br)c(OCc4ccc(C)cc4)c(I)c3)c(=O)n2[C@@H]1c1ccccc1OC(C)C. The highest BCUT2D eigenvalue weighted by atomic mass is 127. The van der Waals surface area contributed by atoms with E-state index in [0.29, 0.717) is 38.5 Å². The van der Waals surface area contributed by atoms with Crippen molar-refractivity contribution in [2.75, 3.05) is 6.61 Å². The van der Waals surface area contributed by atoms with Crippen LogP contribution in [0, 0.1) is 10.5 Å². The Balaban J connectivity index is 1.58. The predicted octanol–water partition coefficient (Wildman–Crippen LogP) is 6.84. The standard InChI is InChI=1S/C34H32BrIN2O5S/c1-6-41-33(40)29-21(5)37-34-38(30(29)24-9-7-8-10-27(24)43-19(2)3)32(39)28(44-34)17-23-15-25(35)31(26(36)16-23)42-18-22-13-11-20(4)12-14-22/h7-17,19,30H,6,18H2,1-5H3/b28-17+/t30-/m1/s1. The number of allylic oxidation sites excluding steroid dienone is 1. The summed E-state index contributed by atoms with van der Waals surface area (Å²) in [6, 6.07) is 18.9. The Morgan fingerprint density at radius 2 is 1.86 bits per heavy atom. The Morgan fingerprint density at radius 1 is 1.14 bits per heavy atom. The number of halogens is 2. The maximum absolute atomic E-state index is 14.1. The van der Waals surface area contributed by atoms with Gasteiger partial charge in [0.2, 0.25) is 0 Å². The summed E-state index contributed by atoms with van der Waals surface area (Å²) >= 11 is 7.19. The third-order valence-corrected chi connectivity index (χ3v) is 9.29. The molecule has 7 nitrogen and oxygen atoms in total. The highest BCUT2D eigenvalue weighted by Gasteiger charge is 2.35. The fourth-order valence-electron chi connectivity index (χ4n) is 4.95. The molecule has 1 aromatic heterocycles. The van der Waals surface area contributed by atoms with Crippen LogP contribution >= 0.6 is 49.9 Å². The number of aryl methyl sites for hydroxylation is 1. The molecular formula is C34H32BrIN2O5S. The van der Waals surface area contributed by atoms with E-state index in [1.807, 2.05) is 56.3 Å². The van der Waals surface area contributed by atoms with Crippen LogP contribution in [0.3, 0.4) is 0 Å². The lowest BCUT2D eigenvalue weighted by Crippen LogP contribution is -2.40. The number of thiazole rings is 1. The summed E-state index contributed by atoms with van der Waals surface area (Å²) in [4.78, 5) is 32.6. The smallest absolute Gasteiger partial charge is 0.338 e. The minimum atomic E-state index is -0.758. The number of carbonyl (C=O) groups is 1. The van der Waals surface area contributed by atoms with Gasteiger partial charge in [0.25, 0.3) is 5.56 Å². The Morgan fingerprint density at radius 3 is 2.55 bits per heavy atom. The summed E-state index contributed by atoms with van der Waals surface area (Å²) in [7, 11) is 0. The van der Waals surface area contributed by atoms with Crippen molar-refractivity contribution in [3.63, 3.8) is 0 Å². The summed E-state index contributed by atoms with van der Waals surface area (Å²) in [5, 5.41) is 0. The number of ether oxygens (including phenoxy) is 3. The van der Waals surface area contributed by atoms with Gasteiger partial charge in [-0.1, -0.05) is 59.4 Å². The Bertz CT molecular complexity index is 1910. The third kappa shape index (κ3) is 6.87. The molecule has 0 amide bonds. The fourth-order valence-corrected chi connectivity index (χ4v) is 7.76. The zero-order valence-electron chi connectivity index (χ0n) is 25.0. The van der Waals surface area contributed by atoms with E-state index in [4.69, 9.17) is 19.2 Å². The molecule has 1 atom stereocenters. The Labute approximate surface area is 282 Å². The molecule has 44 heavy (non-hydrogen) atoms. The number of nitrogens with zero attached hydrogens (tertiary/aromatic N) is 2. The fraction of sp³-hybridized carbons (Fsp3) is 0.265. The molecule has 228 valence electrons. The first kappa shape index (κ1) is 32.2. The van der Waals surface area contributed by atoms with Crippen LogP contribution in [0.2, 0.25) is 0 Å². The molecule has 0 saturated carbocycles. The van der Waals surface area contributed by atoms with Gasteiger partial charge in [-0.25, -0.2) is 9.79 Å². The molecule has 1 aliphatic rings. The summed E-state index contributed by atoms with van der Waals surface area (Å²) < 4.78 is 21.5. The highest BCUT2D eigenvalue weighted by Crippen LogP contribution is 2.36. The van der Waals surface area contributed by atoms with E-state index in [9.17, 15) is 9.59 Å². The van der Waals surface area contributed by atoms with Gasteiger partial charge in [0, 0.05) is 5.56 Å². The third-order valence-electron chi connectivity index (χ3n) is 6.92. The second-order valence-corrected chi connectivity index (χ2v) is 13.6. The molecule has 0 unspecified atom stereocenters. The van der Waals surface area contributed by atoms with Gasteiger partial charge in [0.15, 0.2) is 4.80 Å². The van der Waals surface area contributed by atoms with Crippen molar-refractivity contribution in [3.05, 3.63) is 122 Å². The number of fused-ring (bicyclic) bond motifs is 1. The van der Waals surface area contributed by atoms with Crippen LogP contribution in [-0.4, -0.2) is 23.2 Å². The number of carbonyl (C=O) groups excluding carboxylic acids is 1. The molecule has 10 heteroatoms. The van der Waals surface area contributed by atoms with Crippen molar-refractivity contribution in [3.8, 4) is 11.5 Å². The molecule has 0 spiro atoms. The lowest BCUT2D eigenvalue weighted by molar-refractivity contribution is -0.139. The predicted molar refractivity (Wildman–Crippen MR) is 185 cm³/mol. The van der Waals surface area contributed by atoms with Crippen molar-refractivity contribution in [1.29, 1.82) is 0 Å². The van der Waals surface area contributed by atoms with E-state index >= 15 is 0 Å². The van der Waals surface area contributed by atoms with Crippen LogP contribution in [0.25, 0.3) is 6.08 Å². The molecule has 0 radical (unpaired) electrons. The van der Waals surface area contributed by atoms with E-state index in [0.717, 1.165) is 24.9 Å². The first-order valence-electron chi connectivity index (χ1n) is 14.2. The van der Waals surface area contributed by atoms with Gasteiger partial charge in [-0.15, -0.1) is 0 Å². The summed E-state index contributed by atoms with van der Waals surface area (Å²) in [6.45, 7) is 10.1. The van der Waals surface area contributed by atoms with Gasteiger partial charge < -0.3 is 14.2 Å². The number of para-hydroxylation sites is 1. The van der Waals surface area contributed by atoms with Gasteiger partial charge in [-0.2, -0.15) is 0 Å². The van der Waals surface area contributed by atoms with Gasteiger partial charge in [0.1, 0.15) is 24.1 Å². The van der Waals surface area contributed by atoms with E-state index in [1.54, 1.807) is 18.4 Å². The largest absolute Gasteiger partial charge is 0.491 e. The second kappa shape index (κ2) is 13.8. The molecule has 0 saturated heterocycles. The molecule has 1 aliphatic heterocycles. The minimum Gasteiger partial charge on any atom is -0.491 e. The van der Waals surface area contributed by atoms with Gasteiger partial charge >= 0.3 is 5.97 Å². The monoisotopic (exact) mass is 786 g/mol. The van der Waals surface area contributed by atoms with Crippen LogP contribution in [0.5, 0.6) is 11.5 Å². The lowest BCUT2D eigenvalue weighted by Gasteiger charge is -2.26. The van der Waals surface area contributed by atoms with Crippen molar-refractivity contribution < 1.29 is 19.0 Å². The van der Waals surface area contributed by atoms with Crippen LogP contribution in [0.1, 0.15) is 56.0 Å².